The minimum absolute atomic E-state index is 0. The number of benzene rings is 1. The van der Waals surface area contributed by atoms with E-state index in [0.717, 1.165) is 11.5 Å². The van der Waals surface area contributed by atoms with E-state index in [1.807, 2.05) is 12.1 Å². The molecule has 0 heterocycles. The summed E-state index contributed by atoms with van der Waals surface area (Å²) in [5, 5.41) is 6.70. The van der Waals surface area contributed by atoms with Crippen LogP contribution in [0, 0.1) is 0 Å². The van der Waals surface area contributed by atoms with E-state index in [4.69, 9.17) is 0 Å². The van der Waals surface area contributed by atoms with Crippen molar-refractivity contribution in [2.75, 3.05) is 21.1 Å². The van der Waals surface area contributed by atoms with Gasteiger partial charge in [-0.2, -0.15) is 0 Å². The van der Waals surface area contributed by atoms with E-state index < -0.39 is 10.0 Å². The number of aliphatic imine (C=N–C) groups is 1. The van der Waals surface area contributed by atoms with Crippen LogP contribution in [0.4, 0.5) is 0 Å². The van der Waals surface area contributed by atoms with Crippen LogP contribution in [-0.2, 0) is 16.6 Å². The molecule has 0 radical (unpaired) electrons. The highest BCUT2D eigenvalue weighted by Gasteiger charge is 2.17. The summed E-state index contributed by atoms with van der Waals surface area (Å²) in [7, 11) is 1.45. The first-order chi connectivity index (χ1) is 10.9. The van der Waals surface area contributed by atoms with Crippen molar-refractivity contribution in [1.29, 1.82) is 0 Å². The Bertz CT molecular complexity index is 639. The zero-order valence-corrected chi connectivity index (χ0v) is 17.6. The number of nitrogens with zero attached hydrogens (tertiary/aromatic N) is 2. The molecule has 1 aromatic carbocycles. The summed E-state index contributed by atoms with van der Waals surface area (Å²) in [6.07, 6.45) is 4.93. The van der Waals surface area contributed by atoms with Gasteiger partial charge < -0.3 is 10.6 Å². The van der Waals surface area contributed by atoms with Gasteiger partial charge in [0.15, 0.2) is 5.96 Å². The van der Waals surface area contributed by atoms with Crippen molar-refractivity contribution >= 4 is 40.0 Å². The van der Waals surface area contributed by atoms with Crippen LogP contribution in [0.25, 0.3) is 0 Å². The lowest BCUT2D eigenvalue weighted by atomic mass is 10.2. The van der Waals surface area contributed by atoms with Crippen LogP contribution in [0.5, 0.6) is 0 Å². The first kappa shape index (κ1) is 21.2. The SMILES string of the molecule is CN=C(NCc1ccc(S(=O)(=O)N(C)C)cc1)NC1CCCC1.I. The van der Waals surface area contributed by atoms with Crippen LogP contribution >= 0.6 is 24.0 Å². The molecule has 0 aromatic heterocycles. The lowest BCUT2D eigenvalue weighted by Gasteiger charge is -2.17. The van der Waals surface area contributed by atoms with Gasteiger partial charge in [-0.3, -0.25) is 4.99 Å². The second-order valence-electron chi connectivity index (χ2n) is 5.98. The van der Waals surface area contributed by atoms with Gasteiger partial charge in [0.1, 0.15) is 0 Å². The molecule has 1 fully saturated rings. The molecule has 0 saturated heterocycles. The topological polar surface area (TPSA) is 73.8 Å². The molecular formula is C16H27IN4O2S. The summed E-state index contributed by atoms with van der Waals surface area (Å²) in [5.41, 5.74) is 1.01. The molecule has 1 aliphatic rings. The molecule has 0 bridgehead atoms. The number of rotatable bonds is 5. The van der Waals surface area contributed by atoms with Crippen molar-refractivity contribution in [1.82, 2.24) is 14.9 Å². The van der Waals surface area contributed by atoms with Crippen LogP contribution in [0.15, 0.2) is 34.2 Å². The first-order valence-electron chi connectivity index (χ1n) is 7.92. The standard InChI is InChI=1S/C16H26N4O2S.HI/c1-17-16(19-14-6-4-5-7-14)18-12-13-8-10-15(11-9-13)23(21,22)20(2)3;/h8-11,14H,4-7,12H2,1-3H3,(H2,17,18,19);1H. The van der Waals surface area contributed by atoms with E-state index in [9.17, 15) is 8.42 Å². The highest BCUT2D eigenvalue weighted by atomic mass is 127. The van der Waals surface area contributed by atoms with Gasteiger partial charge in [0, 0.05) is 33.7 Å². The first-order valence-corrected chi connectivity index (χ1v) is 9.36. The fourth-order valence-electron chi connectivity index (χ4n) is 2.63. The molecule has 136 valence electrons. The smallest absolute Gasteiger partial charge is 0.242 e. The third kappa shape index (κ3) is 5.59. The lowest BCUT2D eigenvalue weighted by Crippen LogP contribution is -2.41. The van der Waals surface area contributed by atoms with E-state index in [-0.39, 0.29) is 24.0 Å². The van der Waals surface area contributed by atoms with Crippen LogP contribution in [0.1, 0.15) is 31.2 Å². The second-order valence-corrected chi connectivity index (χ2v) is 8.13. The molecule has 1 saturated carbocycles. The zero-order chi connectivity index (χ0) is 16.9. The molecule has 1 aliphatic carbocycles. The summed E-state index contributed by atoms with van der Waals surface area (Å²) in [4.78, 5) is 4.54. The van der Waals surface area contributed by atoms with Crippen molar-refractivity contribution in [2.45, 2.75) is 43.2 Å². The average Bonchev–Trinajstić information content (AvgIpc) is 3.04. The Kier molecular flexibility index (Phi) is 8.44. The predicted molar refractivity (Wildman–Crippen MR) is 108 cm³/mol. The summed E-state index contributed by atoms with van der Waals surface area (Å²) < 4.78 is 25.3. The Morgan fingerprint density at radius 2 is 1.79 bits per heavy atom. The molecule has 1 aromatic rings. The Morgan fingerprint density at radius 3 is 2.29 bits per heavy atom. The number of guanidine groups is 1. The minimum Gasteiger partial charge on any atom is -0.354 e. The van der Waals surface area contributed by atoms with Crippen LogP contribution in [0.2, 0.25) is 0 Å². The molecule has 0 unspecified atom stereocenters. The van der Waals surface area contributed by atoms with E-state index in [0.29, 0.717) is 17.5 Å². The highest BCUT2D eigenvalue weighted by Crippen LogP contribution is 2.17. The molecule has 8 heteroatoms. The third-order valence-electron chi connectivity index (χ3n) is 4.08. The third-order valence-corrected chi connectivity index (χ3v) is 5.91. The molecule has 24 heavy (non-hydrogen) atoms. The molecule has 2 rings (SSSR count). The lowest BCUT2D eigenvalue weighted by molar-refractivity contribution is 0.520. The molecular weight excluding hydrogens is 439 g/mol. The van der Waals surface area contributed by atoms with Gasteiger partial charge in [-0.25, -0.2) is 12.7 Å². The monoisotopic (exact) mass is 466 g/mol. The Labute approximate surface area is 162 Å². The minimum atomic E-state index is -3.37. The summed E-state index contributed by atoms with van der Waals surface area (Å²) in [5.74, 6) is 0.793. The fourth-order valence-corrected chi connectivity index (χ4v) is 3.54. The summed E-state index contributed by atoms with van der Waals surface area (Å²) >= 11 is 0. The van der Waals surface area contributed by atoms with Gasteiger partial charge in [0.05, 0.1) is 4.90 Å². The van der Waals surface area contributed by atoms with Gasteiger partial charge >= 0.3 is 0 Å². The molecule has 0 aliphatic heterocycles. The zero-order valence-electron chi connectivity index (χ0n) is 14.4. The van der Waals surface area contributed by atoms with Gasteiger partial charge in [-0.15, -0.1) is 24.0 Å². The van der Waals surface area contributed by atoms with Crippen molar-refractivity contribution < 1.29 is 8.42 Å². The Balaban J connectivity index is 0.00000288. The highest BCUT2D eigenvalue weighted by molar-refractivity contribution is 14.0. The summed E-state index contributed by atoms with van der Waals surface area (Å²) in [6, 6.07) is 7.44. The van der Waals surface area contributed by atoms with Crippen LogP contribution in [0.3, 0.4) is 0 Å². The van der Waals surface area contributed by atoms with Crippen molar-refractivity contribution in [3.63, 3.8) is 0 Å². The number of nitrogens with one attached hydrogen (secondary N) is 2. The summed E-state index contributed by atoms with van der Waals surface area (Å²) in [6.45, 7) is 0.606. The molecule has 2 N–H and O–H groups in total. The molecule has 6 nitrogen and oxygen atoms in total. The number of halogens is 1. The maximum atomic E-state index is 12.0. The van der Waals surface area contributed by atoms with E-state index in [1.165, 1.54) is 44.1 Å². The normalized spacial score (nSPS) is 16.1. The van der Waals surface area contributed by atoms with Crippen LogP contribution in [-0.4, -0.2) is 45.9 Å². The van der Waals surface area contributed by atoms with E-state index in [2.05, 4.69) is 15.6 Å². The number of hydrogen-bond acceptors (Lipinski definition) is 3. The van der Waals surface area contributed by atoms with Crippen molar-refractivity contribution in [2.24, 2.45) is 4.99 Å². The number of sulfonamides is 1. The Hall–Kier alpha value is -0.870. The van der Waals surface area contributed by atoms with Gasteiger partial charge in [-0.05, 0) is 30.5 Å². The van der Waals surface area contributed by atoms with E-state index in [1.54, 1.807) is 19.2 Å². The van der Waals surface area contributed by atoms with Crippen LogP contribution < -0.4 is 10.6 Å². The van der Waals surface area contributed by atoms with Gasteiger partial charge in [0.2, 0.25) is 10.0 Å². The maximum Gasteiger partial charge on any atom is 0.242 e. The average molecular weight is 466 g/mol. The fraction of sp³-hybridized carbons (Fsp3) is 0.562. The van der Waals surface area contributed by atoms with Gasteiger partial charge in [0.25, 0.3) is 0 Å². The predicted octanol–water partition coefficient (Wildman–Crippen LogP) is 2.16. The molecule has 0 spiro atoms. The number of hydrogen-bond donors (Lipinski definition) is 2. The van der Waals surface area contributed by atoms with E-state index >= 15 is 0 Å². The quantitative estimate of drug-likeness (QED) is 0.397. The van der Waals surface area contributed by atoms with Crippen molar-refractivity contribution in [3.8, 4) is 0 Å². The largest absolute Gasteiger partial charge is 0.354 e. The van der Waals surface area contributed by atoms with Gasteiger partial charge in [-0.1, -0.05) is 25.0 Å². The molecule has 0 atom stereocenters. The Morgan fingerprint density at radius 1 is 1.21 bits per heavy atom. The van der Waals surface area contributed by atoms with Crippen molar-refractivity contribution in [3.05, 3.63) is 29.8 Å². The molecule has 0 amide bonds. The second kappa shape index (κ2) is 9.57. The maximum absolute atomic E-state index is 12.0.